The molecule has 1 aliphatic rings. The van der Waals surface area contributed by atoms with E-state index in [1.165, 1.54) is 38.1 Å². The number of halogens is 2. The van der Waals surface area contributed by atoms with E-state index in [0.29, 0.717) is 16.4 Å². The first-order valence-corrected chi connectivity index (χ1v) is 22.1. The Morgan fingerprint density at radius 2 is 1.32 bits per heavy atom. The summed E-state index contributed by atoms with van der Waals surface area (Å²) in [5.41, 5.74) is 0. The molecule has 0 fully saturated rings. The van der Waals surface area contributed by atoms with Gasteiger partial charge in [0, 0.05) is 43.1 Å². The number of alkyl halides is 2. The Morgan fingerprint density at radius 3 is 1.45 bits per heavy atom. The number of ketones is 3. The highest BCUT2D eigenvalue weighted by Crippen LogP contribution is 2.19. The van der Waals surface area contributed by atoms with Crippen LogP contribution in [-0.4, -0.2) is 126 Å². The Labute approximate surface area is 304 Å². The zero-order chi connectivity index (χ0) is 33.2. The van der Waals surface area contributed by atoms with Crippen LogP contribution in [0.3, 0.4) is 0 Å². The van der Waals surface area contributed by atoms with Gasteiger partial charge in [-0.2, -0.15) is 47.0 Å². The Morgan fingerprint density at radius 1 is 0.864 bits per heavy atom. The maximum absolute atomic E-state index is 11.0. The van der Waals surface area contributed by atoms with Crippen LogP contribution in [0.5, 0.6) is 0 Å². The molecule has 44 heavy (non-hydrogen) atoms. The Hall–Kier alpha value is 0.360. The summed E-state index contributed by atoms with van der Waals surface area (Å²) in [6.07, 6.45) is 12.9. The highest BCUT2D eigenvalue weighted by Gasteiger charge is 2.26. The summed E-state index contributed by atoms with van der Waals surface area (Å²) < 4.78 is 20.8. The molecule has 0 bridgehead atoms. The topological polar surface area (TPSA) is 123 Å². The van der Waals surface area contributed by atoms with Crippen LogP contribution >= 0.6 is 86.3 Å². The highest BCUT2D eigenvalue weighted by molar-refractivity contribution is 9.10. The van der Waals surface area contributed by atoms with Crippen LogP contribution in [-0.2, 0) is 33.8 Å². The van der Waals surface area contributed by atoms with E-state index in [9.17, 15) is 32.4 Å². The average molecular weight is 828 g/mol. The van der Waals surface area contributed by atoms with Gasteiger partial charge in [-0.1, -0.05) is 38.2 Å². The van der Waals surface area contributed by atoms with E-state index >= 15 is 0 Å². The number of nitrogens with zero attached hydrogens (tertiary/aromatic N) is 1. The monoisotopic (exact) mass is 825 g/mol. The van der Waals surface area contributed by atoms with Gasteiger partial charge in [0.05, 0.1) is 15.5 Å². The predicted octanol–water partition coefficient (Wildman–Crippen LogP) is 7.11. The van der Waals surface area contributed by atoms with Gasteiger partial charge in [-0.25, -0.2) is 8.42 Å². The summed E-state index contributed by atoms with van der Waals surface area (Å²) in [6, 6.07) is 0. The fraction of sp³-hybridized carbons (Fsp3) is 0.750. The molecule has 266 valence electrons. The van der Waals surface area contributed by atoms with Crippen LogP contribution in [0.15, 0.2) is 11.0 Å². The molecule has 0 aromatic rings. The Kier molecular flexibility index (Phi) is 51.4. The number of thioether (sulfide) groups is 5. The lowest BCUT2D eigenvalue weighted by molar-refractivity contribution is -0.135. The molecule has 0 N–H and O–H groups in total. The van der Waals surface area contributed by atoms with Crippen molar-refractivity contribution in [2.24, 2.45) is 0 Å². The van der Waals surface area contributed by atoms with Gasteiger partial charge in [-0.05, 0) is 57.8 Å². The minimum atomic E-state index is -2.71. The molecule has 1 rings (SSSR count). The van der Waals surface area contributed by atoms with E-state index in [0.717, 1.165) is 28.6 Å². The molecule has 0 saturated carbocycles. The highest BCUT2D eigenvalue weighted by atomic mass is 79.9. The molecule has 1 heterocycles. The van der Waals surface area contributed by atoms with Crippen LogP contribution in [0.4, 0.5) is 0 Å². The molecule has 0 radical (unpaired) electrons. The van der Waals surface area contributed by atoms with Crippen molar-refractivity contribution in [1.82, 2.24) is 4.90 Å². The molecule has 2 unspecified atom stereocenters. The van der Waals surface area contributed by atoms with Crippen molar-refractivity contribution in [3.05, 3.63) is 11.0 Å². The van der Waals surface area contributed by atoms with Gasteiger partial charge in [0.1, 0.15) is 32.6 Å². The fourth-order valence-electron chi connectivity index (χ4n) is 1.69. The third-order valence-corrected chi connectivity index (χ3v) is 10.7. The van der Waals surface area contributed by atoms with Gasteiger partial charge in [-0.3, -0.25) is 28.9 Å². The minimum Gasteiger partial charge on any atom is -0.300 e. The molecule has 2 amide bonds. The largest absolute Gasteiger partial charge is 0.300 e. The van der Waals surface area contributed by atoms with Gasteiger partial charge in [0.15, 0.2) is 0 Å². The van der Waals surface area contributed by atoms with E-state index in [4.69, 9.17) is 11.6 Å². The Balaban J connectivity index is -0.0000000769. The van der Waals surface area contributed by atoms with Crippen molar-refractivity contribution in [3.8, 4) is 0 Å². The number of Topliss-reactive ketones (excluding diaryl/α,β-unsaturated/α-hetero) is 3. The van der Waals surface area contributed by atoms with E-state index in [1.54, 1.807) is 67.2 Å². The maximum Gasteiger partial charge on any atom is 0.267 e. The van der Waals surface area contributed by atoms with Crippen molar-refractivity contribution in [2.75, 3.05) is 73.3 Å². The van der Waals surface area contributed by atoms with Crippen LogP contribution < -0.4 is 0 Å². The molecular weight excluding hydrogens is 770 g/mol. The van der Waals surface area contributed by atoms with Crippen LogP contribution in [0.25, 0.3) is 0 Å². The normalized spacial score (nSPS) is 12.5. The molecule has 0 aromatic heterocycles. The second-order valence-electron chi connectivity index (χ2n) is 8.05. The molecule has 8 nitrogen and oxygen atoms in total. The number of likely N-dealkylation sites (N-methyl/N-ethyl adjacent to an activating group) is 1. The number of hydrogen-bond acceptors (Lipinski definition) is 12. The number of carbonyl (C=O) groups excluding carboxylic acids is 5. The third-order valence-electron chi connectivity index (χ3n) is 4.15. The van der Waals surface area contributed by atoms with Crippen molar-refractivity contribution >= 4 is 125 Å². The number of amides is 2. The molecule has 1 aliphatic heterocycles. The summed E-state index contributed by atoms with van der Waals surface area (Å²) in [7, 11) is -1.23. The zero-order valence-electron chi connectivity index (χ0n) is 25.5. The summed E-state index contributed by atoms with van der Waals surface area (Å²) in [6.45, 7) is 4.72. The number of sulfone groups is 1. The number of rotatable bonds is 13. The standard InChI is InChI=1S/C6H7NO2S.C5H9BrOS.C5H9ClOS.C5H10OS.C4H10O2S2.3CH4/c1-7-5(8)3-4(10-2)6(7)9;2*1-4(7)5(6)3-8-2;1-5(6)3-4-7-2;1-7-3-4-8(2,5)6;;;/h3H,1-2H3;2*5H,3H2,1-2H3;3-4H2,1-2H3;3-4H2,1-2H3;3*1H4. The summed E-state index contributed by atoms with van der Waals surface area (Å²) in [4.78, 5) is 54.5. The first kappa shape index (κ1) is 59.8. The quantitative estimate of drug-likeness (QED) is 0.139. The molecule has 0 aromatic carbocycles. The van der Waals surface area contributed by atoms with Crippen molar-refractivity contribution < 1.29 is 32.4 Å². The van der Waals surface area contributed by atoms with Crippen molar-refractivity contribution in [3.63, 3.8) is 0 Å². The SMILES string of the molecule is C.C.C.CSC1=CC(=O)N(C)C1=O.CSCC(Br)C(C)=O.CSCC(Cl)C(C)=O.CSCCC(C)=O.CSCCS(C)(=O)=O. The smallest absolute Gasteiger partial charge is 0.267 e. The molecule has 16 heteroatoms. The van der Waals surface area contributed by atoms with E-state index < -0.39 is 9.84 Å². The second-order valence-corrected chi connectivity index (χ2v) is 16.6. The van der Waals surface area contributed by atoms with Crippen molar-refractivity contribution in [2.45, 2.75) is 59.7 Å². The third kappa shape index (κ3) is 42.4. The summed E-state index contributed by atoms with van der Waals surface area (Å²) in [5.74, 6) is 3.69. The number of carbonyl (C=O) groups is 5. The van der Waals surface area contributed by atoms with Gasteiger partial charge in [0.25, 0.3) is 11.8 Å². The number of imide groups is 1. The lowest BCUT2D eigenvalue weighted by atomic mass is 10.3. The van der Waals surface area contributed by atoms with Crippen LogP contribution in [0.2, 0.25) is 0 Å². The first-order valence-electron chi connectivity index (χ1n) is 11.9. The zero-order valence-corrected chi connectivity index (χ0v) is 32.7. The molecule has 0 saturated heterocycles. The summed E-state index contributed by atoms with van der Waals surface area (Å²) in [5, 5.41) is -0.287. The number of hydrogen-bond donors (Lipinski definition) is 0. The molecular formula is C28H57BrClNO7S6. The van der Waals surface area contributed by atoms with Crippen LogP contribution in [0.1, 0.15) is 49.5 Å². The lowest BCUT2D eigenvalue weighted by Crippen LogP contribution is -2.25. The van der Waals surface area contributed by atoms with E-state index in [1.807, 2.05) is 25.0 Å². The van der Waals surface area contributed by atoms with Crippen molar-refractivity contribution in [1.29, 1.82) is 0 Å². The molecule has 2 atom stereocenters. The molecule has 0 spiro atoms. The van der Waals surface area contributed by atoms with Gasteiger partial charge in [0.2, 0.25) is 0 Å². The van der Waals surface area contributed by atoms with Gasteiger partial charge >= 0.3 is 0 Å². The van der Waals surface area contributed by atoms with E-state index in [-0.39, 0.29) is 61.6 Å². The Bertz CT molecular complexity index is 900. The lowest BCUT2D eigenvalue weighted by Gasteiger charge is -2.04. The van der Waals surface area contributed by atoms with Gasteiger partial charge in [-0.15, -0.1) is 23.4 Å². The predicted molar refractivity (Wildman–Crippen MR) is 212 cm³/mol. The average Bonchev–Trinajstić information content (AvgIpc) is 3.14. The second kappa shape index (κ2) is 37.8. The first-order chi connectivity index (χ1) is 18.9. The van der Waals surface area contributed by atoms with Crippen LogP contribution in [0, 0.1) is 0 Å². The van der Waals surface area contributed by atoms with Gasteiger partial charge < -0.3 is 0 Å². The minimum absolute atomic E-state index is 0. The van der Waals surface area contributed by atoms with E-state index in [2.05, 4.69) is 15.9 Å². The maximum atomic E-state index is 11.0. The fourth-order valence-corrected chi connectivity index (χ4v) is 6.82. The summed E-state index contributed by atoms with van der Waals surface area (Å²) >= 11 is 16.6. The molecule has 0 aliphatic carbocycles.